The quantitative estimate of drug-likeness (QED) is 0.0159. The largest absolute Gasteiger partial charge is 0.472 e. The van der Waals surface area contributed by atoms with E-state index in [4.69, 9.17) is 24.3 Å². The zero-order valence-electron chi connectivity index (χ0n) is 32.3. The predicted octanol–water partition coefficient (Wildman–Crippen LogP) is 11.2. The van der Waals surface area contributed by atoms with Gasteiger partial charge < -0.3 is 20.1 Å². The Labute approximate surface area is 311 Å². The number of hydrogen-bond donors (Lipinski definition) is 2. The number of phosphoric acid groups is 1. The van der Waals surface area contributed by atoms with E-state index < -0.39 is 32.5 Å². The number of rotatable bonds is 37. The van der Waals surface area contributed by atoms with E-state index in [9.17, 15) is 19.0 Å². The topological polar surface area (TPSA) is 134 Å². The Balaban J connectivity index is 4.33. The third kappa shape index (κ3) is 37.5. The van der Waals surface area contributed by atoms with Crippen LogP contribution in [0.1, 0.15) is 168 Å². The van der Waals surface area contributed by atoms with Crippen LogP contribution in [0, 0.1) is 0 Å². The number of hydrogen-bond acceptors (Lipinski definition) is 8. The van der Waals surface area contributed by atoms with Crippen LogP contribution in [0.5, 0.6) is 0 Å². The Morgan fingerprint density at radius 2 is 1.16 bits per heavy atom. The minimum absolute atomic E-state index is 0.0374. The Bertz CT molecular complexity index is 981. The molecule has 0 saturated carbocycles. The fraction of sp³-hybridized carbons (Fsp3) is 0.756. The molecule has 0 aromatic carbocycles. The fourth-order valence-corrected chi connectivity index (χ4v) is 6.04. The van der Waals surface area contributed by atoms with Gasteiger partial charge in [-0.05, 0) is 51.4 Å². The number of phosphoric ester groups is 1. The van der Waals surface area contributed by atoms with Crippen molar-refractivity contribution in [2.75, 3.05) is 26.4 Å². The van der Waals surface area contributed by atoms with Gasteiger partial charge in [-0.1, -0.05) is 153 Å². The van der Waals surface area contributed by atoms with Crippen LogP contribution in [0.4, 0.5) is 0 Å². The van der Waals surface area contributed by atoms with Gasteiger partial charge in [-0.25, -0.2) is 9.36 Å². The zero-order chi connectivity index (χ0) is 37.5. The molecular weight excluding hydrogens is 665 g/mol. The van der Waals surface area contributed by atoms with Crippen LogP contribution in [-0.4, -0.2) is 49.3 Å². The lowest BCUT2D eigenvalue weighted by molar-refractivity contribution is -0.157. The summed E-state index contributed by atoms with van der Waals surface area (Å²) in [7, 11) is -4.40. The van der Waals surface area contributed by atoms with Crippen molar-refractivity contribution in [2.24, 2.45) is 5.73 Å². The lowest BCUT2D eigenvalue weighted by atomic mass is 10.1. The van der Waals surface area contributed by atoms with Crippen molar-refractivity contribution >= 4 is 19.8 Å². The van der Waals surface area contributed by atoms with Crippen molar-refractivity contribution in [2.45, 2.75) is 174 Å². The monoisotopic (exact) mass is 740 g/mol. The summed E-state index contributed by atoms with van der Waals surface area (Å²) in [6.07, 6.45) is 42.0. The summed E-state index contributed by atoms with van der Waals surface area (Å²) in [5.74, 6) is -1.10. The third-order valence-electron chi connectivity index (χ3n) is 8.29. The maximum Gasteiger partial charge on any atom is 0.472 e. The maximum absolute atomic E-state index is 12.4. The summed E-state index contributed by atoms with van der Waals surface area (Å²) < 4.78 is 32.5. The maximum atomic E-state index is 12.4. The SMILES string of the molecule is CCCCC/C=C/C/C=C/CCCCCCCC(=O)OC[C@H](COP(=O)(O)OCCN)OC(=O)/C=C/C=C/CCCCCCCCCCCCC. The molecule has 0 aliphatic rings. The van der Waals surface area contributed by atoms with E-state index in [1.807, 2.05) is 6.08 Å². The Hall–Kier alpha value is -2.03. The Kier molecular flexibility index (Phi) is 36.2. The van der Waals surface area contributed by atoms with Crippen LogP contribution in [0.15, 0.2) is 48.6 Å². The number of ether oxygens (including phenoxy) is 2. The van der Waals surface area contributed by atoms with E-state index in [0.717, 1.165) is 51.4 Å². The summed E-state index contributed by atoms with van der Waals surface area (Å²) in [6.45, 7) is 3.55. The minimum atomic E-state index is -4.40. The van der Waals surface area contributed by atoms with Gasteiger partial charge in [0.25, 0.3) is 0 Å². The average molecular weight is 740 g/mol. The first-order chi connectivity index (χ1) is 24.8. The van der Waals surface area contributed by atoms with Gasteiger partial charge in [0.1, 0.15) is 6.61 Å². The van der Waals surface area contributed by atoms with Gasteiger partial charge >= 0.3 is 19.8 Å². The van der Waals surface area contributed by atoms with Gasteiger partial charge in [0.05, 0.1) is 13.2 Å². The van der Waals surface area contributed by atoms with Gasteiger partial charge in [-0.15, -0.1) is 0 Å². The van der Waals surface area contributed by atoms with Crippen molar-refractivity contribution in [3.8, 4) is 0 Å². The second-order valence-electron chi connectivity index (χ2n) is 13.2. The number of esters is 2. The highest BCUT2D eigenvalue weighted by Crippen LogP contribution is 2.43. The number of carbonyl (C=O) groups excluding carboxylic acids is 2. The molecule has 0 aliphatic carbocycles. The van der Waals surface area contributed by atoms with Gasteiger partial charge in [0, 0.05) is 19.0 Å². The summed E-state index contributed by atoms with van der Waals surface area (Å²) >= 11 is 0. The minimum Gasteiger partial charge on any atom is -0.462 e. The van der Waals surface area contributed by atoms with E-state index in [2.05, 4.69) is 38.2 Å². The van der Waals surface area contributed by atoms with Crippen LogP contribution >= 0.6 is 7.82 Å². The Morgan fingerprint density at radius 1 is 0.647 bits per heavy atom. The molecule has 1 unspecified atom stereocenters. The lowest BCUT2D eigenvalue weighted by Gasteiger charge is -2.19. The molecule has 0 heterocycles. The number of nitrogens with two attached hydrogens (primary N) is 1. The van der Waals surface area contributed by atoms with Crippen LogP contribution in [-0.2, 0) is 32.7 Å². The van der Waals surface area contributed by atoms with Crippen LogP contribution in [0.2, 0.25) is 0 Å². The molecule has 0 aromatic rings. The highest BCUT2D eigenvalue weighted by molar-refractivity contribution is 7.47. The van der Waals surface area contributed by atoms with Crippen molar-refractivity contribution < 1.29 is 37.6 Å². The molecule has 296 valence electrons. The normalized spacial score (nSPS) is 13.9. The van der Waals surface area contributed by atoms with Gasteiger partial charge in [0.15, 0.2) is 6.10 Å². The Morgan fingerprint density at radius 3 is 1.75 bits per heavy atom. The molecule has 0 fully saturated rings. The van der Waals surface area contributed by atoms with E-state index in [-0.39, 0.29) is 26.2 Å². The molecule has 0 rings (SSSR count). The summed E-state index contributed by atoms with van der Waals surface area (Å²) in [5.41, 5.74) is 5.33. The molecule has 0 radical (unpaired) electrons. The van der Waals surface area contributed by atoms with Gasteiger partial charge in [0.2, 0.25) is 0 Å². The lowest BCUT2D eigenvalue weighted by Crippen LogP contribution is -2.29. The molecule has 0 saturated heterocycles. The molecule has 0 aliphatic heterocycles. The van der Waals surface area contributed by atoms with Crippen molar-refractivity contribution in [1.82, 2.24) is 0 Å². The molecule has 2 atom stereocenters. The van der Waals surface area contributed by atoms with Gasteiger partial charge in [-0.2, -0.15) is 0 Å². The first kappa shape index (κ1) is 49.0. The predicted molar refractivity (Wildman–Crippen MR) is 210 cm³/mol. The van der Waals surface area contributed by atoms with Crippen LogP contribution in [0.25, 0.3) is 0 Å². The van der Waals surface area contributed by atoms with E-state index in [0.29, 0.717) is 6.42 Å². The number of allylic oxidation sites excluding steroid dienone is 7. The molecule has 0 amide bonds. The van der Waals surface area contributed by atoms with Crippen molar-refractivity contribution in [3.05, 3.63) is 48.6 Å². The number of carbonyl (C=O) groups is 2. The molecule has 3 N–H and O–H groups in total. The molecular formula is C41H74NO8P. The van der Waals surface area contributed by atoms with E-state index >= 15 is 0 Å². The highest BCUT2D eigenvalue weighted by Gasteiger charge is 2.25. The smallest absolute Gasteiger partial charge is 0.462 e. The summed E-state index contributed by atoms with van der Waals surface area (Å²) in [6, 6.07) is 0. The molecule has 0 aromatic heterocycles. The molecule has 9 nitrogen and oxygen atoms in total. The van der Waals surface area contributed by atoms with Crippen LogP contribution < -0.4 is 5.73 Å². The molecule has 51 heavy (non-hydrogen) atoms. The summed E-state index contributed by atoms with van der Waals surface area (Å²) in [5, 5.41) is 0. The zero-order valence-corrected chi connectivity index (χ0v) is 33.2. The molecule has 0 bridgehead atoms. The summed E-state index contributed by atoms with van der Waals surface area (Å²) in [4.78, 5) is 34.6. The van der Waals surface area contributed by atoms with E-state index in [1.165, 1.54) is 96.0 Å². The first-order valence-corrected chi connectivity index (χ1v) is 21.7. The van der Waals surface area contributed by atoms with Gasteiger partial charge in [-0.3, -0.25) is 13.8 Å². The second-order valence-corrected chi connectivity index (χ2v) is 14.7. The highest BCUT2D eigenvalue weighted by atomic mass is 31.2. The average Bonchev–Trinajstić information content (AvgIpc) is 3.11. The third-order valence-corrected chi connectivity index (χ3v) is 9.28. The number of unbranched alkanes of at least 4 members (excludes halogenated alkanes) is 19. The standard InChI is InChI=1S/C41H74NO8P/c1-3-5-7-9-11-13-15-17-19-21-23-25-27-29-31-33-40(43)47-37-39(38-49-51(45,46)48-36-35-42)50-41(44)34-32-30-28-26-24-22-20-18-16-14-12-10-8-6-4-2/h11,13,17,19,28,30,32,34,39H,3-10,12,14-16,18,20-27,29,31,33,35-38,42H2,1-2H3,(H,45,46)/b13-11+,19-17+,30-28+,34-32+/t39-/m1/s1. The molecule has 0 spiro atoms. The van der Waals surface area contributed by atoms with Crippen molar-refractivity contribution in [1.29, 1.82) is 0 Å². The molecule has 10 heteroatoms. The first-order valence-electron chi connectivity index (χ1n) is 20.2. The van der Waals surface area contributed by atoms with Crippen LogP contribution in [0.3, 0.4) is 0 Å². The fourth-order valence-electron chi connectivity index (χ4n) is 5.28. The second kappa shape index (κ2) is 37.7. The van der Waals surface area contributed by atoms with E-state index in [1.54, 1.807) is 12.2 Å². The van der Waals surface area contributed by atoms with Crippen molar-refractivity contribution in [3.63, 3.8) is 0 Å².